The molecule has 32 heavy (non-hydrogen) atoms. The Morgan fingerprint density at radius 1 is 1.12 bits per heavy atom. The van der Waals surface area contributed by atoms with Gasteiger partial charge in [0.15, 0.2) is 5.78 Å². The van der Waals surface area contributed by atoms with Gasteiger partial charge in [0.1, 0.15) is 5.75 Å². The topological polar surface area (TPSA) is 63.5 Å². The van der Waals surface area contributed by atoms with Crippen LogP contribution in [-0.2, 0) is 19.9 Å². The van der Waals surface area contributed by atoms with Gasteiger partial charge >= 0.3 is 0 Å². The molecule has 170 valence electrons. The molecule has 0 spiro atoms. The SMILES string of the molecule is COc1ccc(C(=O)C(C)CNC(C)C(O)c2ccccc2)c2c3c(n(C)c12)CCCC3. The standard InChI is InChI=1S/C27H34N2O3/c1-17(16-28-18(2)27(31)19-10-6-5-7-11-19)26(30)21-14-15-23(32-4)25-24(21)20-12-8-9-13-22(20)29(25)3/h5-7,10-11,14-15,17-18,27-28,31H,8-9,12-13,16H2,1-4H3. The van der Waals surface area contributed by atoms with Crippen molar-refractivity contribution < 1.29 is 14.6 Å². The molecule has 0 saturated heterocycles. The normalized spacial score (nSPS) is 16.4. The Kier molecular flexibility index (Phi) is 6.68. The predicted octanol–water partition coefficient (Wildman–Crippen LogP) is 4.60. The largest absolute Gasteiger partial charge is 0.495 e. The number of nitrogens with one attached hydrogen (secondary N) is 1. The minimum atomic E-state index is -0.618. The third kappa shape index (κ3) is 4.07. The summed E-state index contributed by atoms with van der Waals surface area (Å²) in [5.74, 6) is 0.737. The molecule has 0 bridgehead atoms. The maximum atomic E-state index is 13.6. The van der Waals surface area contributed by atoms with Crippen LogP contribution in [0.1, 0.15) is 60.0 Å². The summed E-state index contributed by atoms with van der Waals surface area (Å²) >= 11 is 0. The van der Waals surface area contributed by atoms with Crippen LogP contribution in [0.4, 0.5) is 0 Å². The van der Waals surface area contributed by atoms with Crippen molar-refractivity contribution in [1.29, 1.82) is 0 Å². The zero-order valence-electron chi connectivity index (χ0n) is 19.5. The maximum Gasteiger partial charge on any atom is 0.167 e. The first-order valence-corrected chi connectivity index (χ1v) is 11.6. The maximum absolute atomic E-state index is 13.6. The molecule has 0 amide bonds. The van der Waals surface area contributed by atoms with Crippen LogP contribution in [0, 0.1) is 5.92 Å². The highest BCUT2D eigenvalue weighted by molar-refractivity contribution is 6.11. The number of methoxy groups -OCH3 is 1. The lowest BCUT2D eigenvalue weighted by atomic mass is 9.90. The first-order valence-electron chi connectivity index (χ1n) is 11.6. The number of carbonyl (C=O) groups excluding carboxylic acids is 1. The summed E-state index contributed by atoms with van der Waals surface area (Å²) in [6.07, 6.45) is 3.77. The van der Waals surface area contributed by atoms with Crippen molar-refractivity contribution in [3.8, 4) is 5.75 Å². The van der Waals surface area contributed by atoms with Gasteiger partial charge in [0, 0.05) is 42.2 Å². The molecule has 4 rings (SSSR count). The van der Waals surface area contributed by atoms with Crippen LogP contribution in [0.25, 0.3) is 10.9 Å². The van der Waals surface area contributed by atoms with E-state index < -0.39 is 6.10 Å². The van der Waals surface area contributed by atoms with Crippen LogP contribution >= 0.6 is 0 Å². The minimum Gasteiger partial charge on any atom is -0.495 e. The van der Waals surface area contributed by atoms with Crippen molar-refractivity contribution in [2.24, 2.45) is 13.0 Å². The van der Waals surface area contributed by atoms with Gasteiger partial charge < -0.3 is 19.7 Å². The lowest BCUT2D eigenvalue weighted by molar-refractivity contribution is 0.0913. The summed E-state index contributed by atoms with van der Waals surface area (Å²) < 4.78 is 7.88. The molecule has 0 saturated carbocycles. The van der Waals surface area contributed by atoms with E-state index in [1.807, 2.05) is 56.3 Å². The number of hydrogen-bond acceptors (Lipinski definition) is 4. The van der Waals surface area contributed by atoms with Gasteiger partial charge in [-0.25, -0.2) is 0 Å². The number of aliphatic hydroxyl groups is 1. The summed E-state index contributed by atoms with van der Waals surface area (Å²) in [6, 6.07) is 13.3. The van der Waals surface area contributed by atoms with Crippen molar-refractivity contribution >= 4 is 16.7 Å². The number of carbonyl (C=O) groups is 1. The zero-order chi connectivity index (χ0) is 22.8. The number of Topliss-reactive ketones (excluding diaryl/α,β-unsaturated/α-hetero) is 1. The van der Waals surface area contributed by atoms with Crippen molar-refractivity contribution in [3.05, 3.63) is 64.8 Å². The van der Waals surface area contributed by atoms with Gasteiger partial charge in [0.2, 0.25) is 0 Å². The molecule has 5 nitrogen and oxygen atoms in total. The molecule has 1 aliphatic carbocycles. The second-order valence-electron chi connectivity index (χ2n) is 9.05. The monoisotopic (exact) mass is 434 g/mol. The summed E-state index contributed by atoms with van der Waals surface area (Å²) in [4.78, 5) is 13.6. The number of ketones is 1. The lowest BCUT2D eigenvalue weighted by Gasteiger charge is -2.22. The smallest absolute Gasteiger partial charge is 0.167 e. The molecule has 3 aromatic rings. The molecular weight excluding hydrogens is 400 g/mol. The van der Waals surface area contributed by atoms with Gasteiger partial charge in [-0.1, -0.05) is 37.3 Å². The molecule has 1 heterocycles. The van der Waals surface area contributed by atoms with Crippen LogP contribution in [-0.4, -0.2) is 35.2 Å². The Balaban J connectivity index is 1.57. The molecule has 3 unspecified atom stereocenters. The van der Waals surface area contributed by atoms with Crippen molar-refractivity contribution in [2.45, 2.75) is 51.7 Å². The van der Waals surface area contributed by atoms with Gasteiger partial charge in [-0.05, 0) is 55.9 Å². The first kappa shape index (κ1) is 22.6. The van der Waals surface area contributed by atoms with Crippen LogP contribution in [0.2, 0.25) is 0 Å². The van der Waals surface area contributed by atoms with E-state index in [2.05, 4.69) is 16.9 Å². The van der Waals surface area contributed by atoms with Crippen LogP contribution in [0.5, 0.6) is 5.75 Å². The van der Waals surface area contributed by atoms with E-state index in [1.165, 1.54) is 17.7 Å². The average Bonchev–Trinajstić information content (AvgIpc) is 3.14. The lowest BCUT2D eigenvalue weighted by Crippen LogP contribution is -2.37. The van der Waals surface area contributed by atoms with Crippen LogP contribution < -0.4 is 10.1 Å². The summed E-state index contributed by atoms with van der Waals surface area (Å²) in [7, 11) is 3.77. The summed E-state index contributed by atoms with van der Waals surface area (Å²) in [6.45, 7) is 4.42. The molecule has 2 N–H and O–H groups in total. The number of nitrogens with zero attached hydrogens (tertiary/aromatic N) is 1. The Morgan fingerprint density at radius 3 is 2.56 bits per heavy atom. The minimum absolute atomic E-state index is 0.130. The van der Waals surface area contributed by atoms with E-state index in [0.29, 0.717) is 6.54 Å². The van der Waals surface area contributed by atoms with Crippen LogP contribution in [0.3, 0.4) is 0 Å². The fourth-order valence-electron chi connectivity index (χ4n) is 5.02. The van der Waals surface area contributed by atoms with Gasteiger partial charge in [0.05, 0.1) is 18.7 Å². The Morgan fingerprint density at radius 2 is 1.84 bits per heavy atom. The third-order valence-electron chi connectivity index (χ3n) is 6.92. The van der Waals surface area contributed by atoms with Crippen molar-refractivity contribution in [2.75, 3.05) is 13.7 Å². The first-order chi connectivity index (χ1) is 15.4. The zero-order valence-corrected chi connectivity index (χ0v) is 19.5. The Labute approximate surface area is 190 Å². The predicted molar refractivity (Wildman–Crippen MR) is 128 cm³/mol. The molecule has 2 aromatic carbocycles. The number of rotatable bonds is 8. The molecule has 1 aromatic heterocycles. The Hall–Kier alpha value is -2.63. The third-order valence-corrected chi connectivity index (χ3v) is 6.92. The van der Waals surface area contributed by atoms with E-state index in [1.54, 1.807) is 7.11 Å². The van der Waals surface area contributed by atoms with Crippen LogP contribution in [0.15, 0.2) is 42.5 Å². The van der Waals surface area contributed by atoms with Crippen molar-refractivity contribution in [1.82, 2.24) is 9.88 Å². The number of aryl methyl sites for hydroxylation is 2. The van der Waals surface area contributed by atoms with E-state index in [0.717, 1.165) is 47.0 Å². The number of aliphatic hydroxyl groups excluding tert-OH is 1. The molecular formula is C27H34N2O3. The molecule has 5 heteroatoms. The molecule has 3 atom stereocenters. The number of hydrogen-bond donors (Lipinski definition) is 2. The number of aromatic nitrogens is 1. The van der Waals surface area contributed by atoms with Gasteiger partial charge in [0.25, 0.3) is 0 Å². The van der Waals surface area contributed by atoms with Gasteiger partial charge in [-0.15, -0.1) is 0 Å². The second-order valence-corrected chi connectivity index (χ2v) is 9.05. The average molecular weight is 435 g/mol. The molecule has 0 fully saturated rings. The molecule has 0 radical (unpaired) electrons. The van der Waals surface area contributed by atoms with E-state index in [9.17, 15) is 9.90 Å². The quantitative estimate of drug-likeness (QED) is 0.509. The fraction of sp³-hybridized carbons (Fsp3) is 0.444. The Bertz CT molecular complexity index is 1100. The fourth-order valence-corrected chi connectivity index (χ4v) is 5.02. The van der Waals surface area contributed by atoms with E-state index in [-0.39, 0.29) is 17.7 Å². The summed E-state index contributed by atoms with van der Waals surface area (Å²) in [5, 5.41) is 15.1. The number of fused-ring (bicyclic) bond motifs is 3. The highest BCUT2D eigenvalue weighted by atomic mass is 16.5. The second kappa shape index (κ2) is 9.47. The van der Waals surface area contributed by atoms with Gasteiger partial charge in [-0.2, -0.15) is 0 Å². The van der Waals surface area contributed by atoms with Gasteiger partial charge in [-0.3, -0.25) is 4.79 Å². The van der Waals surface area contributed by atoms with E-state index in [4.69, 9.17) is 4.74 Å². The summed E-state index contributed by atoms with van der Waals surface area (Å²) in [5.41, 5.74) is 5.32. The van der Waals surface area contributed by atoms with Crippen molar-refractivity contribution in [3.63, 3.8) is 0 Å². The molecule has 1 aliphatic rings. The highest BCUT2D eigenvalue weighted by Gasteiger charge is 2.27. The molecule has 0 aliphatic heterocycles. The number of benzene rings is 2. The number of ether oxygens (including phenoxy) is 1. The highest BCUT2D eigenvalue weighted by Crippen LogP contribution is 2.39. The van der Waals surface area contributed by atoms with E-state index >= 15 is 0 Å².